The molecule has 1 heterocycles. The van der Waals surface area contributed by atoms with Gasteiger partial charge in [0.2, 0.25) is 0 Å². The molecule has 0 bridgehead atoms. The summed E-state index contributed by atoms with van der Waals surface area (Å²) in [6.45, 7) is 10.4. The molecule has 0 aliphatic rings. The third kappa shape index (κ3) is 4.91. The lowest BCUT2D eigenvalue weighted by Crippen LogP contribution is -2.26. The predicted octanol–water partition coefficient (Wildman–Crippen LogP) is 2.54. The molecule has 1 aromatic rings. The van der Waals surface area contributed by atoms with E-state index in [1.165, 1.54) is 4.88 Å². The van der Waals surface area contributed by atoms with Gasteiger partial charge in [-0.05, 0) is 23.9 Å². The molecule has 2 nitrogen and oxygen atoms in total. The Morgan fingerprint density at radius 1 is 1.47 bits per heavy atom. The molecule has 0 fully saturated rings. The van der Waals surface area contributed by atoms with Gasteiger partial charge in [-0.3, -0.25) is 4.90 Å². The summed E-state index contributed by atoms with van der Waals surface area (Å²) in [5.74, 6) is 6.78. The van der Waals surface area contributed by atoms with Gasteiger partial charge in [-0.15, -0.1) is 11.3 Å². The molecule has 0 atom stereocenters. The molecule has 0 aromatic carbocycles. The number of hydrogen-bond acceptors (Lipinski definition) is 3. The second kappa shape index (κ2) is 7.50. The minimum Gasteiger partial charge on any atom is -0.320 e. The molecule has 0 saturated carbocycles. The Morgan fingerprint density at radius 2 is 2.24 bits per heavy atom. The van der Waals surface area contributed by atoms with Crippen LogP contribution in [0.5, 0.6) is 0 Å². The number of hydrogen-bond donors (Lipinski definition) is 1. The zero-order valence-corrected chi connectivity index (χ0v) is 11.8. The van der Waals surface area contributed by atoms with Crippen LogP contribution in [0.3, 0.4) is 0 Å². The van der Waals surface area contributed by atoms with Gasteiger partial charge < -0.3 is 5.73 Å². The molecule has 0 amide bonds. The normalized spacial score (nSPS) is 10.7. The van der Waals surface area contributed by atoms with E-state index >= 15 is 0 Å². The van der Waals surface area contributed by atoms with Crippen LogP contribution in [0.2, 0.25) is 0 Å². The molecule has 3 heteroatoms. The van der Waals surface area contributed by atoms with Crippen LogP contribution in [0.15, 0.2) is 11.4 Å². The van der Waals surface area contributed by atoms with E-state index in [4.69, 9.17) is 5.73 Å². The van der Waals surface area contributed by atoms with Crippen LogP contribution in [-0.2, 0) is 6.54 Å². The van der Waals surface area contributed by atoms with Gasteiger partial charge in [-0.1, -0.05) is 32.6 Å². The lowest BCUT2D eigenvalue weighted by molar-refractivity contribution is 0.250. The molecular weight excluding hydrogens is 228 g/mol. The van der Waals surface area contributed by atoms with E-state index in [9.17, 15) is 0 Å². The van der Waals surface area contributed by atoms with E-state index < -0.39 is 0 Å². The minimum absolute atomic E-state index is 0.429. The Morgan fingerprint density at radius 3 is 2.82 bits per heavy atom. The molecule has 0 saturated heterocycles. The molecule has 0 unspecified atom stereocenters. The summed E-state index contributed by atoms with van der Waals surface area (Å²) in [7, 11) is 0. The highest BCUT2D eigenvalue weighted by molar-refractivity contribution is 7.10. The highest BCUT2D eigenvalue weighted by atomic mass is 32.1. The SMILES string of the molecule is CCN(Cc1sccc1C#CCN)CC(C)C. The zero-order valence-electron chi connectivity index (χ0n) is 11.0. The molecule has 0 aliphatic carbocycles. The van der Waals surface area contributed by atoms with E-state index in [-0.39, 0.29) is 0 Å². The average Bonchev–Trinajstić information content (AvgIpc) is 2.72. The van der Waals surface area contributed by atoms with Crippen LogP contribution in [0, 0.1) is 17.8 Å². The minimum atomic E-state index is 0.429. The first-order valence-corrected chi connectivity index (χ1v) is 7.03. The lowest BCUT2D eigenvalue weighted by Gasteiger charge is -2.21. The Hall–Kier alpha value is -0.820. The smallest absolute Gasteiger partial charge is 0.0555 e. The number of rotatable bonds is 5. The van der Waals surface area contributed by atoms with Gasteiger partial charge in [-0.2, -0.15) is 0 Å². The molecular formula is C14H22N2S. The Bertz CT molecular complexity index is 384. The third-order valence-electron chi connectivity index (χ3n) is 2.51. The van der Waals surface area contributed by atoms with Crippen LogP contribution < -0.4 is 5.73 Å². The fourth-order valence-corrected chi connectivity index (χ4v) is 2.62. The van der Waals surface area contributed by atoms with E-state index in [0.717, 1.165) is 25.2 Å². The van der Waals surface area contributed by atoms with Crippen molar-refractivity contribution in [3.8, 4) is 11.8 Å². The summed E-state index contributed by atoms with van der Waals surface area (Å²) < 4.78 is 0. The summed E-state index contributed by atoms with van der Waals surface area (Å²) in [6.07, 6.45) is 0. The molecule has 2 N–H and O–H groups in total. The van der Waals surface area contributed by atoms with Crippen LogP contribution in [-0.4, -0.2) is 24.5 Å². The van der Waals surface area contributed by atoms with Crippen molar-refractivity contribution in [3.63, 3.8) is 0 Å². The Kier molecular flexibility index (Phi) is 6.28. The van der Waals surface area contributed by atoms with Gasteiger partial charge in [0.15, 0.2) is 0 Å². The van der Waals surface area contributed by atoms with E-state index in [2.05, 4.69) is 49.0 Å². The fourth-order valence-electron chi connectivity index (χ4n) is 1.75. The number of thiophene rings is 1. The van der Waals surface area contributed by atoms with Crippen molar-refractivity contribution < 1.29 is 0 Å². The zero-order chi connectivity index (χ0) is 12.7. The van der Waals surface area contributed by atoms with Crippen molar-refractivity contribution in [2.75, 3.05) is 19.6 Å². The molecule has 1 aromatic heterocycles. The molecule has 0 radical (unpaired) electrons. The maximum atomic E-state index is 5.41. The monoisotopic (exact) mass is 250 g/mol. The standard InChI is InChI=1S/C14H22N2S/c1-4-16(10-12(2)3)11-14-13(6-5-8-15)7-9-17-14/h7,9,12H,4,8,10-11,15H2,1-3H3. The fraction of sp³-hybridized carbons (Fsp3) is 0.571. The largest absolute Gasteiger partial charge is 0.320 e. The highest BCUT2D eigenvalue weighted by Gasteiger charge is 2.09. The van der Waals surface area contributed by atoms with E-state index in [1.807, 2.05) is 0 Å². The predicted molar refractivity (Wildman–Crippen MR) is 76.0 cm³/mol. The topological polar surface area (TPSA) is 29.3 Å². The summed E-state index contributed by atoms with van der Waals surface area (Å²) in [4.78, 5) is 3.82. The van der Waals surface area contributed by atoms with Gasteiger partial charge in [0.05, 0.1) is 6.54 Å². The van der Waals surface area contributed by atoms with Crippen LogP contribution >= 0.6 is 11.3 Å². The quantitative estimate of drug-likeness (QED) is 0.814. The Labute approximate surface area is 109 Å². The number of nitrogens with two attached hydrogens (primary N) is 1. The Balaban J connectivity index is 2.69. The van der Waals surface area contributed by atoms with Gasteiger partial charge in [0, 0.05) is 23.5 Å². The van der Waals surface area contributed by atoms with Crippen molar-refractivity contribution in [2.24, 2.45) is 11.7 Å². The highest BCUT2D eigenvalue weighted by Crippen LogP contribution is 2.18. The molecule has 94 valence electrons. The first-order chi connectivity index (χ1) is 8.17. The van der Waals surface area contributed by atoms with Crippen molar-refractivity contribution in [1.82, 2.24) is 4.90 Å². The van der Waals surface area contributed by atoms with Gasteiger partial charge in [-0.25, -0.2) is 0 Å². The van der Waals surface area contributed by atoms with E-state index in [0.29, 0.717) is 12.5 Å². The first-order valence-electron chi connectivity index (χ1n) is 6.15. The van der Waals surface area contributed by atoms with Crippen molar-refractivity contribution in [3.05, 3.63) is 21.9 Å². The number of nitrogens with zero attached hydrogens (tertiary/aromatic N) is 1. The first kappa shape index (κ1) is 14.2. The van der Waals surface area contributed by atoms with Crippen LogP contribution in [0.4, 0.5) is 0 Å². The molecule has 0 aliphatic heterocycles. The van der Waals surface area contributed by atoms with E-state index in [1.54, 1.807) is 11.3 Å². The van der Waals surface area contributed by atoms with Crippen molar-refractivity contribution >= 4 is 11.3 Å². The summed E-state index contributed by atoms with van der Waals surface area (Å²) in [5, 5.41) is 2.11. The van der Waals surface area contributed by atoms with Crippen molar-refractivity contribution in [2.45, 2.75) is 27.3 Å². The summed E-state index contributed by atoms with van der Waals surface area (Å²) in [6, 6.07) is 2.09. The van der Waals surface area contributed by atoms with Gasteiger partial charge >= 0.3 is 0 Å². The second-order valence-corrected chi connectivity index (χ2v) is 5.49. The summed E-state index contributed by atoms with van der Waals surface area (Å²) >= 11 is 1.79. The molecule has 0 spiro atoms. The van der Waals surface area contributed by atoms with Gasteiger partial charge in [0.25, 0.3) is 0 Å². The average molecular weight is 250 g/mol. The maximum Gasteiger partial charge on any atom is 0.0555 e. The van der Waals surface area contributed by atoms with Gasteiger partial charge in [0.1, 0.15) is 0 Å². The summed E-state index contributed by atoms with van der Waals surface area (Å²) in [5.41, 5.74) is 6.55. The molecule has 1 rings (SSSR count). The van der Waals surface area contributed by atoms with Crippen LogP contribution in [0.25, 0.3) is 0 Å². The second-order valence-electron chi connectivity index (χ2n) is 4.48. The van der Waals surface area contributed by atoms with Crippen LogP contribution in [0.1, 0.15) is 31.2 Å². The lowest BCUT2D eigenvalue weighted by atomic mass is 10.2. The third-order valence-corrected chi connectivity index (χ3v) is 3.41. The maximum absolute atomic E-state index is 5.41. The molecule has 17 heavy (non-hydrogen) atoms. The van der Waals surface area contributed by atoms with Crippen molar-refractivity contribution in [1.29, 1.82) is 0 Å².